The number of rotatable bonds is 7. The summed E-state index contributed by atoms with van der Waals surface area (Å²) in [5.41, 5.74) is 1.81. The second-order valence-corrected chi connectivity index (χ2v) is 7.28. The van der Waals surface area contributed by atoms with Crippen molar-refractivity contribution >= 4 is 29.2 Å². The molecule has 32 heavy (non-hydrogen) atoms. The van der Waals surface area contributed by atoms with Crippen molar-refractivity contribution in [2.75, 3.05) is 17.3 Å². The second kappa shape index (κ2) is 9.30. The number of hydrogen-bond acceptors (Lipinski definition) is 5. The van der Waals surface area contributed by atoms with Crippen molar-refractivity contribution in [1.29, 1.82) is 0 Å². The molecule has 0 saturated carbocycles. The Kier molecular flexibility index (Phi) is 6.12. The zero-order chi connectivity index (χ0) is 22.5. The molecule has 1 fully saturated rings. The van der Waals surface area contributed by atoms with Crippen molar-refractivity contribution in [2.24, 2.45) is 0 Å². The van der Waals surface area contributed by atoms with Crippen LogP contribution in [0.2, 0.25) is 0 Å². The molecule has 8 heteroatoms. The van der Waals surface area contributed by atoms with Crippen molar-refractivity contribution < 1.29 is 19.1 Å². The molecule has 2 aromatic carbocycles. The van der Waals surface area contributed by atoms with Crippen LogP contribution in [0.25, 0.3) is 0 Å². The van der Waals surface area contributed by atoms with Gasteiger partial charge in [0.05, 0.1) is 19.2 Å². The maximum Gasteiger partial charge on any atom is 0.332 e. The van der Waals surface area contributed by atoms with Crippen LogP contribution in [0.5, 0.6) is 5.75 Å². The SMILES string of the molecule is COc1ccc(NC(=O)C[C@@H]2C(=O)N(c3ccccc3)C(=O)N2Cc2cccnc2)cc1. The summed E-state index contributed by atoms with van der Waals surface area (Å²) in [6.07, 6.45) is 3.11. The highest BCUT2D eigenvalue weighted by Gasteiger charge is 2.46. The molecule has 1 aliphatic heterocycles. The predicted octanol–water partition coefficient (Wildman–Crippen LogP) is 3.46. The van der Waals surface area contributed by atoms with E-state index in [0.29, 0.717) is 17.1 Å². The molecule has 0 unspecified atom stereocenters. The molecule has 0 bridgehead atoms. The molecule has 1 saturated heterocycles. The number of hydrogen-bond donors (Lipinski definition) is 1. The lowest BCUT2D eigenvalue weighted by molar-refractivity contribution is -0.124. The molecule has 1 N–H and O–H groups in total. The molecule has 8 nitrogen and oxygen atoms in total. The molecular formula is C24H22N4O4. The fourth-order valence-electron chi connectivity index (χ4n) is 3.58. The van der Waals surface area contributed by atoms with Crippen molar-refractivity contribution in [3.63, 3.8) is 0 Å². The molecule has 4 amide bonds. The van der Waals surface area contributed by atoms with E-state index in [1.54, 1.807) is 74.1 Å². The van der Waals surface area contributed by atoms with Gasteiger partial charge in [-0.2, -0.15) is 0 Å². The number of para-hydroxylation sites is 1. The molecule has 162 valence electrons. The third-order valence-corrected chi connectivity index (χ3v) is 5.16. The van der Waals surface area contributed by atoms with Crippen LogP contribution in [0, 0.1) is 0 Å². The van der Waals surface area contributed by atoms with E-state index in [1.807, 2.05) is 12.1 Å². The van der Waals surface area contributed by atoms with E-state index in [2.05, 4.69) is 10.3 Å². The summed E-state index contributed by atoms with van der Waals surface area (Å²) in [7, 11) is 1.56. The van der Waals surface area contributed by atoms with Gasteiger partial charge in [-0.1, -0.05) is 24.3 Å². The van der Waals surface area contributed by atoms with Crippen molar-refractivity contribution in [2.45, 2.75) is 19.0 Å². The van der Waals surface area contributed by atoms with E-state index in [4.69, 9.17) is 4.74 Å². The maximum atomic E-state index is 13.2. The molecule has 2 heterocycles. The molecule has 1 aliphatic rings. The van der Waals surface area contributed by atoms with Gasteiger partial charge in [0.15, 0.2) is 0 Å². The lowest BCUT2D eigenvalue weighted by Gasteiger charge is -2.21. The van der Waals surface area contributed by atoms with E-state index < -0.39 is 18.0 Å². The van der Waals surface area contributed by atoms with Crippen LogP contribution in [0.15, 0.2) is 79.1 Å². The van der Waals surface area contributed by atoms with E-state index in [-0.39, 0.29) is 18.9 Å². The zero-order valence-electron chi connectivity index (χ0n) is 17.5. The minimum absolute atomic E-state index is 0.166. The standard InChI is InChI=1S/C24H22N4O4/c1-32-20-11-9-18(10-12-20)26-22(29)14-21-23(30)28(19-7-3-2-4-8-19)24(31)27(21)16-17-6-5-13-25-15-17/h2-13,15,21H,14,16H2,1H3,(H,26,29)/t21-/m1/s1. The van der Waals surface area contributed by atoms with Gasteiger partial charge >= 0.3 is 6.03 Å². The number of aromatic nitrogens is 1. The van der Waals surface area contributed by atoms with Gasteiger partial charge in [-0.25, -0.2) is 9.69 Å². The summed E-state index contributed by atoms with van der Waals surface area (Å²) < 4.78 is 5.12. The molecule has 4 rings (SSSR count). The molecule has 0 radical (unpaired) electrons. The lowest BCUT2D eigenvalue weighted by Crippen LogP contribution is -2.37. The van der Waals surface area contributed by atoms with Gasteiger partial charge in [0.25, 0.3) is 5.91 Å². The Labute approximate surface area is 185 Å². The Hall–Kier alpha value is -4.20. The lowest BCUT2D eigenvalue weighted by atomic mass is 10.1. The van der Waals surface area contributed by atoms with E-state index in [1.165, 1.54) is 4.90 Å². The molecule has 1 atom stereocenters. The maximum absolute atomic E-state index is 13.2. The van der Waals surface area contributed by atoms with Gasteiger partial charge in [0.2, 0.25) is 5.91 Å². The van der Waals surface area contributed by atoms with Crippen LogP contribution >= 0.6 is 0 Å². The Morgan fingerprint density at radius 3 is 2.44 bits per heavy atom. The number of anilines is 2. The number of nitrogens with one attached hydrogen (secondary N) is 1. The van der Waals surface area contributed by atoms with Gasteiger partial charge in [0, 0.05) is 24.6 Å². The third kappa shape index (κ3) is 4.44. The number of ether oxygens (including phenoxy) is 1. The topological polar surface area (TPSA) is 91.8 Å². The first-order chi connectivity index (χ1) is 15.6. The van der Waals surface area contributed by atoms with Crippen molar-refractivity contribution in [1.82, 2.24) is 9.88 Å². The highest BCUT2D eigenvalue weighted by atomic mass is 16.5. The minimum Gasteiger partial charge on any atom is -0.497 e. The Morgan fingerprint density at radius 2 is 1.78 bits per heavy atom. The normalized spacial score (nSPS) is 15.7. The van der Waals surface area contributed by atoms with Crippen molar-refractivity contribution in [3.8, 4) is 5.75 Å². The van der Waals surface area contributed by atoms with Crippen LogP contribution in [0.4, 0.5) is 16.2 Å². The number of amides is 4. The fraction of sp³-hybridized carbons (Fsp3) is 0.167. The van der Waals surface area contributed by atoms with Crippen LogP contribution in [0.1, 0.15) is 12.0 Å². The van der Waals surface area contributed by atoms with Gasteiger partial charge in [-0.3, -0.25) is 14.6 Å². The first kappa shape index (κ1) is 21.0. The van der Waals surface area contributed by atoms with Crippen LogP contribution < -0.4 is 15.0 Å². The molecule has 3 aromatic rings. The van der Waals surface area contributed by atoms with E-state index >= 15 is 0 Å². The quantitative estimate of drug-likeness (QED) is 0.580. The second-order valence-electron chi connectivity index (χ2n) is 7.28. The highest BCUT2D eigenvalue weighted by molar-refractivity contribution is 6.22. The molecule has 0 spiro atoms. The molecular weight excluding hydrogens is 408 g/mol. The summed E-state index contributed by atoms with van der Waals surface area (Å²) in [6, 6.07) is 17.8. The summed E-state index contributed by atoms with van der Waals surface area (Å²) in [6.45, 7) is 0.169. The van der Waals surface area contributed by atoms with E-state index in [9.17, 15) is 14.4 Å². The number of imide groups is 1. The summed E-state index contributed by atoms with van der Waals surface area (Å²) in [5, 5.41) is 2.78. The average Bonchev–Trinajstić information content (AvgIpc) is 3.04. The largest absolute Gasteiger partial charge is 0.497 e. The summed E-state index contributed by atoms with van der Waals surface area (Å²) >= 11 is 0. The van der Waals surface area contributed by atoms with E-state index in [0.717, 1.165) is 10.5 Å². The van der Waals surface area contributed by atoms with Gasteiger partial charge in [-0.15, -0.1) is 0 Å². The predicted molar refractivity (Wildman–Crippen MR) is 119 cm³/mol. The number of carbonyl (C=O) groups excluding carboxylic acids is 3. The number of nitrogens with zero attached hydrogens (tertiary/aromatic N) is 3. The van der Waals surface area contributed by atoms with Gasteiger partial charge < -0.3 is 15.0 Å². The summed E-state index contributed by atoms with van der Waals surface area (Å²) in [5.74, 6) is -0.136. The first-order valence-corrected chi connectivity index (χ1v) is 10.1. The molecule has 1 aromatic heterocycles. The van der Waals surface area contributed by atoms with Crippen LogP contribution in [-0.4, -0.2) is 40.9 Å². The fourth-order valence-corrected chi connectivity index (χ4v) is 3.58. The number of benzene rings is 2. The van der Waals surface area contributed by atoms with Gasteiger partial charge in [-0.05, 0) is 48.0 Å². The first-order valence-electron chi connectivity index (χ1n) is 10.1. The number of carbonyl (C=O) groups is 3. The molecule has 0 aliphatic carbocycles. The number of urea groups is 1. The van der Waals surface area contributed by atoms with Crippen LogP contribution in [0.3, 0.4) is 0 Å². The monoisotopic (exact) mass is 430 g/mol. The average molecular weight is 430 g/mol. The third-order valence-electron chi connectivity index (χ3n) is 5.16. The summed E-state index contributed by atoms with van der Waals surface area (Å²) in [4.78, 5) is 45.8. The Bertz CT molecular complexity index is 1100. The highest BCUT2D eigenvalue weighted by Crippen LogP contribution is 2.28. The Morgan fingerprint density at radius 1 is 1.03 bits per heavy atom. The van der Waals surface area contributed by atoms with Crippen LogP contribution in [-0.2, 0) is 16.1 Å². The zero-order valence-corrected chi connectivity index (χ0v) is 17.5. The number of pyridine rings is 1. The number of methoxy groups -OCH3 is 1. The van der Waals surface area contributed by atoms with Gasteiger partial charge in [0.1, 0.15) is 11.8 Å². The van der Waals surface area contributed by atoms with Crippen molar-refractivity contribution in [3.05, 3.63) is 84.7 Å². The minimum atomic E-state index is -0.929. The smallest absolute Gasteiger partial charge is 0.332 e. The Balaban J connectivity index is 1.56.